The fourth-order valence-electron chi connectivity index (χ4n) is 3.85. The number of aryl methyl sites for hydroxylation is 1. The lowest BCUT2D eigenvalue weighted by atomic mass is 10.0. The number of hydrogen-bond acceptors (Lipinski definition) is 4. The molecule has 26 heavy (non-hydrogen) atoms. The highest BCUT2D eigenvalue weighted by molar-refractivity contribution is 6.05. The first-order valence-electron chi connectivity index (χ1n) is 9.54. The first-order chi connectivity index (χ1) is 12.3. The summed E-state index contributed by atoms with van der Waals surface area (Å²) in [5, 5.41) is 0. The van der Waals surface area contributed by atoms with Crippen LogP contribution in [-0.2, 0) is 4.79 Å². The zero-order valence-electron chi connectivity index (χ0n) is 16.6. The Kier molecular flexibility index (Phi) is 6.75. The smallest absolute Gasteiger partial charge is 0.222 e. The van der Waals surface area contributed by atoms with Gasteiger partial charge in [0.05, 0.1) is 11.7 Å². The molecule has 1 aliphatic heterocycles. The van der Waals surface area contributed by atoms with Gasteiger partial charge < -0.3 is 9.88 Å². The third-order valence-electron chi connectivity index (χ3n) is 5.31. The molecule has 1 atom stereocenters. The Morgan fingerprint density at radius 3 is 2.38 bits per heavy atom. The van der Waals surface area contributed by atoms with Gasteiger partial charge in [-0.15, -0.1) is 0 Å². The van der Waals surface area contributed by atoms with Crippen molar-refractivity contribution in [2.75, 3.05) is 26.2 Å². The number of carbonyl (C=O) groups is 3. The SMILES string of the molecule is CCCC(=O)N1CCCN([C@@H](C)C(=O)c2[nH]c(C)c(C(C)=O)c2C)CC1. The van der Waals surface area contributed by atoms with E-state index in [0.29, 0.717) is 30.8 Å². The third-order valence-corrected chi connectivity index (χ3v) is 5.31. The topological polar surface area (TPSA) is 73.5 Å². The second kappa shape index (κ2) is 8.62. The molecule has 0 radical (unpaired) electrons. The number of nitrogens with zero attached hydrogens (tertiary/aromatic N) is 2. The van der Waals surface area contributed by atoms with Gasteiger partial charge in [0.25, 0.3) is 0 Å². The number of rotatable bonds is 6. The molecule has 2 heterocycles. The molecule has 1 amide bonds. The second-order valence-corrected chi connectivity index (χ2v) is 7.24. The molecule has 1 aromatic heterocycles. The summed E-state index contributed by atoms with van der Waals surface area (Å²) >= 11 is 0. The van der Waals surface area contributed by atoms with Crippen LogP contribution in [0.2, 0.25) is 0 Å². The van der Waals surface area contributed by atoms with Crippen LogP contribution in [0.1, 0.15) is 72.1 Å². The number of nitrogens with one attached hydrogen (secondary N) is 1. The summed E-state index contributed by atoms with van der Waals surface area (Å²) in [4.78, 5) is 44.1. The lowest BCUT2D eigenvalue weighted by Gasteiger charge is -2.26. The number of Topliss-reactive ketones (excluding diaryl/α,β-unsaturated/α-hetero) is 2. The van der Waals surface area contributed by atoms with E-state index in [4.69, 9.17) is 0 Å². The van der Waals surface area contributed by atoms with Crippen LogP contribution in [0.4, 0.5) is 0 Å². The molecule has 0 saturated carbocycles. The van der Waals surface area contributed by atoms with Crippen molar-refractivity contribution in [1.29, 1.82) is 0 Å². The molecular weight excluding hydrogens is 330 g/mol. The highest BCUT2D eigenvalue weighted by Crippen LogP contribution is 2.21. The normalized spacial score (nSPS) is 17.0. The summed E-state index contributed by atoms with van der Waals surface area (Å²) in [6.45, 7) is 12.0. The van der Waals surface area contributed by atoms with Gasteiger partial charge in [-0.3, -0.25) is 19.3 Å². The Morgan fingerprint density at radius 1 is 1.12 bits per heavy atom. The number of hydrogen-bond donors (Lipinski definition) is 1. The lowest BCUT2D eigenvalue weighted by molar-refractivity contribution is -0.131. The zero-order chi connectivity index (χ0) is 19.4. The maximum Gasteiger partial charge on any atom is 0.222 e. The Labute approximate surface area is 155 Å². The van der Waals surface area contributed by atoms with Crippen LogP contribution in [0.25, 0.3) is 0 Å². The van der Waals surface area contributed by atoms with Gasteiger partial charge >= 0.3 is 0 Å². The molecule has 0 bridgehead atoms. The predicted molar refractivity (Wildman–Crippen MR) is 102 cm³/mol. The van der Waals surface area contributed by atoms with Gasteiger partial charge in [0.1, 0.15) is 0 Å². The van der Waals surface area contributed by atoms with Gasteiger partial charge in [-0.2, -0.15) is 0 Å². The molecule has 0 aromatic carbocycles. The Balaban J connectivity index is 2.10. The fourth-order valence-corrected chi connectivity index (χ4v) is 3.85. The summed E-state index contributed by atoms with van der Waals surface area (Å²) in [6, 6.07) is -0.284. The van der Waals surface area contributed by atoms with E-state index in [2.05, 4.69) is 9.88 Å². The molecule has 0 aliphatic carbocycles. The van der Waals surface area contributed by atoms with Crippen LogP contribution in [0.3, 0.4) is 0 Å². The van der Waals surface area contributed by atoms with Gasteiger partial charge in [0, 0.05) is 43.9 Å². The van der Waals surface area contributed by atoms with Gasteiger partial charge in [-0.1, -0.05) is 6.92 Å². The minimum absolute atomic E-state index is 0.00596. The van der Waals surface area contributed by atoms with Crippen molar-refractivity contribution in [3.63, 3.8) is 0 Å². The largest absolute Gasteiger partial charge is 0.355 e. The Hall–Kier alpha value is -1.95. The summed E-state index contributed by atoms with van der Waals surface area (Å²) in [5.41, 5.74) is 2.63. The molecule has 2 rings (SSSR count). The van der Waals surface area contributed by atoms with E-state index >= 15 is 0 Å². The van der Waals surface area contributed by atoms with Gasteiger partial charge in [-0.25, -0.2) is 0 Å². The van der Waals surface area contributed by atoms with E-state index in [1.165, 1.54) is 6.92 Å². The standard InChI is InChI=1S/C20H31N3O3/c1-6-8-17(25)23-10-7-9-22(11-12-23)15(4)20(26)19-13(2)18(16(5)24)14(3)21-19/h15,21H,6-12H2,1-5H3/t15-/m0/s1. The first-order valence-corrected chi connectivity index (χ1v) is 9.54. The molecule has 0 unspecified atom stereocenters. The minimum atomic E-state index is -0.284. The molecule has 1 N–H and O–H groups in total. The molecule has 144 valence electrons. The highest BCUT2D eigenvalue weighted by Gasteiger charge is 2.29. The molecule has 1 aromatic rings. The van der Waals surface area contributed by atoms with Crippen molar-refractivity contribution in [3.8, 4) is 0 Å². The zero-order valence-corrected chi connectivity index (χ0v) is 16.6. The van der Waals surface area contributed by atoms with E-state index in [-0.39, 0.29) is 23.5 Å². The van der Waals surface area contributed by atoms with Crippen molar-refractivity contribution in [3.05, 3.63) is 22.5 Å². The number of amides is 1. The average Bonchev–Trinajstić information content (AvgIpc) is 2.77. The highest BCUT2D eigenvalue weighted by atomic mass is 16.2. The Morgan fingerprint density at radius 2 is 1.81 bits per heavy atom. The minimum Gasteiger partial charge on any atom is -0.355 e. The number of H-pyrrole nitrogens is 1. The Bertz CT molecular complexity index is 693. The maximum absolute atomic E-state index is 13.0. The monoisotopic (exact) mass is 361 g/mol. The van der Waals surface area contributed by atoms with Crippen LogP contribution in [0.5, 0.6) is 0 Å². The van der Waals surface area contributed by atoms with Crippen LogP contribution in [0.15, 0.2) is 0 Å². The fraction of sp³-hybridized carbons (Fsp3) is 0.650. The van der Waals surface area contributed by atoms with Crippen LogP contribution in [-0.4, -0.2) is 64.5 Å². The van der Waals surface area contributed by atoms with E-state index in [1.54, 1.807) is 0 Å². The molecule has 1 aliphatic rings. The molecule has 1 saturated heterocycles. The summed E-state index contributed by atoms with van der Waals surface area (Å²) in [5.74, 6) is 0.185. The number of aromatic nitrogens is 1. The number of carbonyl (C=O) groups excluding carboxylic acids is 3. The van der Waals surface area contributed by atoms with Crippen LogP contribution < -0.4 is 0 Å². The lowest BCUT2D eigenvalue weighted by Crippen LogP contribution is -2.42. The molecule has 6 heteroatoms. The number of ketones is 2. The van der Waals surface area contributed by atoms with Crippen molar-refractivity contribution in [1.82, 2.24) is 14.8 Å². The van der Waals surface area contributed by atoms with E-state index in [0.717, 1.165) is 37.2 Å². The molecule has 6 nitrogen and oxygen atoms in total. The van der Waals surface area contributed by atoms with Crippen LogP contribution >= 0.6 is 0 Å². The van der Waals surface area contributed by atoms with E-state index < -0.39 is 0 Å². The number of aromatic amines is 1. The van der Waals surface area contributed by atoms with Crippen LogP contribution in [0, 0.1) is 13.8 Å². The summed E-state index contributed by atoms with van der Waals surface area (Å²) < 4.78 is 0. The van der Waals surface area contributed by atoms with Crippen molar-refractivity contribution >= 4 is 17.5 Å². The molecular formula is C20H31N3O3. The third kappa shape index (κ3) is 4.23. The molecule has 0 spiro atoms. The van der Waals surface area contributed by atoms with Crippen molar-refractivity contribution < 1.29 is 14.4 Å². The van der Waals surface area contributed by atoms with Gasteiger partial charge in [0.15, 0.2) is 11.6 Å². The molecule has 1 fully saturated rings. The van der Waals surface area contributed by atoms with E-state index in [1.807, 2.05) is 32.6 Å². The second-order valence-electron chi connectivity index (χ2n) is 7.24. The van der Waals surface area contributed by atoms with E-state index in [9.17, 15) is 14.4 Å². The summed E-state index contributed by atoms with van der Waals surface area (Å²) in [7, 11) is 0. The predicted octanol–water partition coefficient (Wildman–Crippen LogP) is 2.74. The summed E-state index contributed by atoms with van der Waals surface area (Å²) in [6.07, 6.45) is 2.32. The van der Waals surface area contributed by atoms with Crippen molar-refractivity contribution in [2.45, 2.75) is 59.9 Å². The van der Waals surface area contributed by atoms with Crippen molar-refractivity contribution in [2.24, 2.45) is 0 Å². The quantitative estimate of drug-likeness (QED) is 0.791. The first kappa shape index (κ1) is 20.4. The van der Waals surface area contributed by atoms with Gasteiger partial charge in [0.2, 0.25) is 5.91 Å². The van der Waals surface area contributed by atoms with Gasteiger partial charge in [-0.05, 0) is 46.1 Å². The maximum atomic E-state index is 13.0. The average molecular weight is 361 g/mol.